The molecule has 1 aliphatic carbocycles. The molecule has 40 heavy (non-hydrogen) atoms. The summed E-state index contributed by atoms with van der Waals surface area (Å²) in [7, 11) is 0. The third kappa shape index (κ3) is 5.45. The minimum Gasteiger partial charge on any atom is -0.493 e. The van der Waals surface area contributed by atoms with Crippen molar-refractivity contribution in [3.8, 4) is 16.9 Å². The number of fused-ring (bicyclic) bond motifs is 2. The van der Waals surface area contributed by atoms with Gasteiger partial charge in [-0.25, -0.2) is 13.6 Å². The molecule has 0 spiro atoms. The van der Waals surface area contributed by atoms with Crippen LogP contribution in [-0.2, 0) is 4.74 Å². The Labute approximate surface area is 230 Å². The Kier molecular flexibility index (Phi) is 6.95. The van der Waals surface area contributed by atoms with Crippen molar-refractivity contribution >= 4 is 29.3 Å². The lowest BCUT2D eigenvalue weighted by atomic mass is 10.1. The third-order valence-corrected chi connectivity index (χ3v) is 7.23. The van der Waals surface area contributed by atoms with E-state index in [0.717, 1.165) is 29.9 Å². The van der Waals surface area contributed by atoms with Crippen molar-refractivity contribution in [1.82, 2.24) is 24.5 Å². The SMILES string of the molecule is C[C@H](Nc1c(-c2c(F)cc(OCC3C4CN(C(=O)OC(C)(C)C)CC34)cc2F)c(Cl)nc2ncnn12)C(F)(F)F. The summed E-state index contributed by atoms with van der Waals surface area (Å²) in [6.45, 7) is 7.41. The molecule has 0 radical (unpaired) electrons. The number of amides is 1. The van der Waals surface area contributed by atoms with Crippen LogP contribution in [-0.4, -0.2) is 68.1 Å². The smallest absolute Gasteiger partial charge is 0.410 e. The van der Waals surface area contributed by atoms with Gasteiger partial charge in [-0.2, -0.15) is 32.8 Å². The number of anilines is 1. The van der Waals surface area contributed by atoms with Crippen LogP contribution in [0.1, 0.15) is 27.7 Å². The first-order valence-corrected chi connectivity index (χ1v) is 12.8. The Morgan fingerprint density at radius 2 is 1.77 bits per heavy atom. The van der Waals surface area contributed by atoms with Gasteiger partial charge in [0.05, 0.1) is 17.7 Å². The van der Waals surface area contributed by atoms with Gasteiger partial charge in [-0.05, 0) is 39.5 Å². The van der Waals surface area contributed by atoms with E-state index in [-0.39, 0.29) is 42.0 Å². The molecule has 1 aromatic carbocycles. The molecule has 5 rings (SSSR count). The molecule has 3 heterocycles. The molecule has 3 atom stereocenters. The molecule has 9 nitrogen and oxygen atoms in total. The van der Waals surface area contributed by atoms with Crippen LogP contribution < -0.4 is 10.1 Å². The van der Waals surface area contributed by atoms with Gasteiger partial charge in [0.25, 0.3) is 5.78 Å². The summed E-state index contributed by atoms with van der Waals surface area (Å²) in [4.78, 5) is 21.6. The maximum Gasteiger partial charge on any atom is 0.410 e. The summed E-state index contributed by atoms with van der Waals surface area (Å²) in [5.74, 6) is -2.42. The molecule has 1 saturated carbocycles. The average Bonchev–Trinajstić information content (AvgIpc) is 3.14. The number of aromatic nitrogens is 4. The van der Waals surface area contributed by atoms with Crippen LogP contribution in [0.3, 0.4) is 0 Å². The van der Waals surface area contributed by atoms with Gasteiger partial charge in [0.1, 0.15) is 46.3 Å². The Hall–Kier alpha value is -3.42. The Bertz CT molecular complexity index is 1420. The molecule has 2 fully saturated rings. The highest BCUT2D eigenvalue weighted by Crippen LogP contribution is 2.52. The van der Waals surface area contributed by atoms with Crippen LogP contribution in [0.15, 0.2) is 18.5 Å². The van der Waals surface area contributed by atoms with Gasteiger partial charge in [-0.3, -0.25) is 0 Å². The second-order valence-electron chi connectivity index (χ2n) is 11.0. The van der Waals surface area contributed by atoms with Crippen molar-refractivity contribution < 1.29 is 36.2 Å². The predicted molar refractivity (Wildman–Crippen MR) is 134 cm³/mol. The molecule has 1 amide bonds. The molecule has 1 saturated heterocycles. The first-order chi connectivity index (χ1) is 18.6. The lowest BCUT2D eigenvalue weighted by Crippen LogP contribution is -2.37. The van der Waals surface area contributed by atoms with E-state index < -0.39 is 51.6 Å². The Morgan fingerprint density at radius 1 is 1.15 bits per heavy atom. The Morgan fingerprint density at radius 3 is 2.35 bits per heavy atom. The number of alkyl halides is 3. The van der Waals surface area contributed by atoms with Gasteiger partial charge in [-0.1, -0.05) is 11.6 Å². The molecule has 3 aromatic rings. The number of carbonyl (C=O) groups is 1. The minimum absolute atomic E-state index is 0.100. The molecule has 2 aromatic heterocycles. The van der Waals surface area contributed by atoms with E-state index >= 15 is 8.78 Å². The van der Waals surface area contributed by atoms with Crippen molar-refractivity contribution in [2.45, 2.75) is 45.5 Å². The zero-order chi connectivity index (χ0) is 29.1. The zero-order valence-electron chi connectivity index (χ0n) is 21.9. The molecular weight excluding hydrogens is 563 g/mol. The second kappa shape index (κ2) is 9.89. The normalized spacial score (nSPS) is 21.4. The van der Waals surface area contributed by atoms with Gasteiger partial charge in [0, 0.05) is 31.1 Å². The van der Waals surface area contributed by atoms with Crippen molar-refractivity contribution in [3.63, 3.8) is 0 Å². The molecule has 2 aliphatic rings. The van der Waals surface area contributed by atoms with Crippen molar-refractivity contribution in [1.29, 1.82) is 0 Å². The van der Waals surface area contributed by atoms with Crippen LogP contribution in [0, 0.1) is 29.4 Å². The summed E-state index contributed by atoms with van der Waals surface area (Å²) in [6, 6.07) is -0.250. The molecule has 15 heteroatoms. The number of hydrogen-bond donors (Lipinski definition) is 1. The van der Waals surface area contributed by atoms with Crippen molar-refractivity contribution in [2.75, 3.05) is 25.0 Å². The second-order valence-corrected chi connectivity index (χ2v) is 11.3. The average molecular weight is 589 g/mol. The number of nitrogens with zero attached hydrogens (tertiary/aromatic N) is 5. The fourth-order valence-corrected chi connectivity index (χ4v) is 5.15. The fraction of sp³-hybridized carbons (Fsp3) is 0.520. The standard InChI is InChI=1S/C25H26ClF5N6O3/c1-11(25(29,30)31)34-21-19(20(26)35-22-32-10-33-37(21)22)18-16(27)5-12(6-17(18)28)39-9-15-13-7-36(8-14(13)15)23(38)40-24(2,3)4/h5-6,10-11,13-15,34H,7-9H2,1-4H3/t11-,13?,14?,15?/m0/s1. The van der Waals surface area contributed by atoms with Crippen LogP contribution in [0.4, 0.5) is 32.6 Å². The first kappa shape index (κ1) is 28.1. The van der Waals surface area contributed by atoms with Crippen LogP contribution in [0.5, 0.6) is 5.75 Å². The van der Waals surface area contributed by atoms with Gasteiger partial charge in [-0.15, -0.1) is 0 Å². The quantitative estimate of drug-likeness (QED) is 0.297. The molecule has 2 unspecified atom stereocenters. The maximum atomic E-state index is 15.3. The molecule has 1 aliphatic heterocycles. The number of halogens is 6. The monoisotopic (exact) mass is 588 g/mol. The summed E-state index contributed by atoms with van der Waals surface area (Å²) in [5, 5.41) is 5.55. The number of rotatable bonds is 6. The largest absolute Gasteiger partial charge is 0.493 e. The zero-order valence-corrected chi connectivity index (χ0v) is 22.6. The van der Waals surface area contributed by atoms with E-state index in [1.807, 2.05) is 0 Å². The maximum absolute atomic E-state index is 15.3. The van der Waals surface area contributed by atoms with Gasteiger partial charge in [0.15, 0.2) is 0 Å². The number of nitrogens with one attached hydrogen (secondary N) is 1. The minimum atomic E-state index is -4.68. The van der Waals surface area contributed by atoms with Gasteiger partial charge in [0.2, 0.25) is 0 Å². The van der Waals surface area contributed by atoms with Crippen LogP contribution in [0.2, 0.25) is 5.15 Å². The highest BCUT2D eigenvalue weighted by atomic mass is 35.5. The van der Waals surface area contributed by atoms with E-state index in [2.05, 4.69) is 20.4 Å². The van der Waals surface area contributed by atoms with Crippen molar-refractivity contribution in [2.24, 2.45) is 17.8 Å². The lowest BCUT2D eigenvalue weighted by Gasteiger charge is -2.26. The number of piperidine rings is 1. The summed E-state index contributed by atoms with van der Waals surface area (Å²) >= 11 is 6.20. The number of ether oxygens (including phenoxy) is 2. The lowest BCUT2D eigenvalue weighted by molar-refractivity contribution is -0.138. The summed E-state index contributed by atoms with van der Waals surface area (Å²) in [5.41, 5.74) is -1.74. The molecular formula is C25H26ClF5N6O3. The topological polar surface area (TPSA) is 93.9 Å². The van der Waals surface area contributed by atoms with Crippen LogP contribution >= 0.6 is 11.6 Å². The fourth-order valence-electron chi connectivity index (χ4n) is 4.90. The van der Waals surface area contributed by atoms with E-state index in [0.29, 0.717) is 13.1 Å². The number of likely N-dealkylation sites (tertiary alicyclic amines) is 1. The highest BCUT2D eigenvalue weighted by Gasteiger charge is 2.57. The van der Waals surface area contributed by atoms with E-state index in [1.54, 1.807) is 25.7 Å². The van der Waals surface area contributed by atoms with E-state index in [9.17, 15) is 18.0 Å². The number of hydrogen-bond acceptors (Lipinski definition) is 7. The number of benzene rings is 1. The Balaban J connectivity index is 1.33. The molecule has 0 bridgehead atoms. The highest BCUT2D eigenvalue weighted by molar-refractivity contribution is 6.33. The van der Waals surface area contributed by atoms with E-state index in [1.165, 1.54) is 0 Å². The van der Waals surface area contributed by atoms with Gasteiger partial charge >= 0.3 is 12.3 Å². The summed E-state index contributed by atoms with van der Waals surface area (Å²) < 4.78 is 82.6. The van der Waals surface area contributed by atoms with Crippen LogP contribution in [0.25, 0.3) is 16.9 Å². The molecule has 216 valence electrons. The van der Waals surface area contributed by atoms with Crippen molar-refractivity contribution in [3.05, 3.63) is 35.2 Å². The summed E-state index contributed by atoms with van der Waals surface area (Å²) in [6.07, 6.45) is -4.04. The predicted octanol–water partition coefficient (Wildman–Crippen LogP) is 5.58. The third-order valence-electron chi connectivity index (χ3n) is 6.96. The number of carbonyl (C=O) groups excluding carboxylic acids is 1. The van der Waals surface area contributed by atoms with Gasteiger partial charge < -0.3 is 19.7 Å². The first-order valence-electron chi connectivity index (χ1n) is 12.5. The molecule has 1 N–H and O–H groups in total. The van der Waals surface area contributed by atoms with E-state index in [4.69, 9.17) is 21.1 Å².